The molecule has 2 N–H and O–H groups in total. The lowest BCUT2D eigenvalue weighted by Gasteiger charge is -2.38. The lowest BCUT2D eigenvalue weighted by atomic mass is 9.93. The largest absolute Gasteiger partial charge is 0.508 e. The van der Waals surface area contributed by atoms with E-state index in [4.69, 9.17) is 0 Å². The summed E-state index contributed by atoms with van der Waals surface area (Å²) in [5.74, 6) is -0.265. The van der Waals surface area contributed by atoms with Gasteiger partial charge in [-0.2, -0.15) is 0 Å². The number of carbonyl (C=O) groups is 1. The number of para-hydroxylation sites is 1. The SMILES string of the molecule is CC(O)C(=O)N(CC1CCN(CCc2ccccc2O)CC1F)C(C)C. The van der Waals surface area contributed by atoms with Crippen molar-refractivity contribution in [2.45, 2.75) is 51.9 Å². The van der Waals surface area contributed by atoms with Crippen LogP contribution < -0.4 is 0 Å². The fourth-order valence-corrected chi connectivity index (χ4v) is 3.47. The van der Waals surface area contributed by atoms with Gasteiger partial charge in [0.25, 0.3) is 5.91 Å². The van der Waals surface area contributed by atoms with Crippen LogP contribution in [-0.4, -0.2) is 70.4 Å². The van der Waals surface area contributed by atoms with Crippen LogP contribution in [0.2, 0.25) is 0 Å². The number of benzene rings is 1. The number of halogens is 1. The van der Waals surface area contributed by atoms with Gasteiger partial charge in [-0.15, -0.1) is 0 Å². The fourth-order valence-electron chi connectivity index (χ4n) is 3.47. The number of nitrogens with zero attached hydrogens (tertiary/aromatic N) is 2. The standard InChI is InChI=1S/C20H31FN2O3/c1-14(2)23(20(26)15(3)24)12-17-9-11-22(13-18(17)21)10-8-16-6-4-5-7-19(16)25/h4-7,14-15,17-18,24-25H,8-13H2,1-3H3. The second kappa shape index (κ2) is 9.33. The molecule has 3 unspecified atom stereocenters. The molecule has 1 saturated heterocycles. The van der Waals surface area contributed by atoms with Crippen LogP contribution >= 0.6 is 0 Å². The molecule has 1 amide bonds. The van der Waals surface area contributed by atoms with Crippen molar-refractivity contribution < 1.29 is 19.4 Å². The minimum atomic E-state index is -1.06. The molecule has 6 heteroatoms. The summed E-state index contributed by atoms with van der Waals surface area (Å²) in [7, 11) is 0. The Hall–Kier alpha value is -1.66. The third kappa shape index (κ3) is 5.42. The number of hydrogen-bond acceptors (Lipinski definition) is 4. The number of aliphatic hydroxyl groups excluding tert-OH is 1. The first-order chi connectivity index (χ1) is 12.3. The number of aliphatic hydroxyl groups is 1. The average molecular weight is 366 g/mol. The Bertz CT molecular complexity index is 594. The van der Waals surface area contributed by atoms with Gasteiger partial charge in [0.2, 0.25) is 0 Å². The minimum Gasteiger partial charge on any atom is -0.508 e. The summed E-state index contributed by atoms with van der Waals surface area (Å²) in [6.07, 6.45) is -0.703. The van der Waals surface area contributed by atoms with E-state index in [0.29, 0.717) is 32.5 Å². The highest BCUT2D eigenvalue weighted by Crippen LogP contribution is 2.24. The number of piperidine rings is 1. The van der Waals surface area contributed by atoms with Gasteiger partial charge >= 0.3 is 0 Å². The zero-order valence-corrected chi connectivity index (χ0v) is 15.9. The van der Waals surface area contributed by atoms with Crippen molar-refractivity contribution >= 4 is 5.91 Å². The van der Waals surface area contributed by atoms with E-state index in [1.54, 1.807) is 17.0 Å². The maximum absolute atomic E-state index is 14.7. The molecule has 0 aliphatic carbocycles. The van der Waals surface area contributed by atoms with Crippen LogP contribution in [0.25, 0.3) is 0 Å². The van der Waals surface area contributed by atoms with Crippen LogP contribution in [0.1, 0.15) is 32.8 Å². The number of rotatable bonds is 7. The molecule has 1 aliphatic heterocycles. The Morgan fingerprint density at radius 1 is 1.35 bits per heavy atom. The van der Waals surface area contributed by atoms with Gasteiger partial charge in [0, 0.05) is 31.6 Å². The molecule has 3 atom stereocenters. The second-order valence-corrected chi connectivity index (χ2v) is 7.50. The van der Waals surface area contributed by atoms with E-state index >= 15 is 0 Å². The van der Waals surface area contributed by atoms with E-state index in [0.717, 1.165) is 12.1 Å². The van der Waals surface area contributed by atoms with Gasteiger partial charge < -0.3 is 20.0 Å². The number of phenolic OH excluding ortho intramolecular Hbond substituents is 1. The van der Waals surface area contributed by atoms with E-state index in [1.165, 1.54) is 6.92 Å². The second-order valence-electron chi connectivity index (χ2n) is 7.50. The van der Waals surface area contributed by atoms with Crippen molar-refractivity contribution in [3.05, 3.63) is 29.8 Å². The summed E-state index contributed by atoms with van der Waals surface area (Å²) in [5.41, 5.74) is 0.874. The Morgan fingerprint density at radius 2 is 2.04 bits per heavy atom. The molecular formula is C20H31FN2O3. The molecule has 1 fully saturated rings. The molecule has 1 heterocycles. The van der Waals surface area contributed by atoms with Crippen LogP contribution in [0.5, 0.6) is 5.75 Å². The molecule has 146 valence electrons. The summed E-state index contributed by atoms with van der Waals surface area (Å²) in [5, 5.41) is 19.4. The number of amides is 1. The monoisotopic (exact) mass is 366 g/mol. The predicted octanol–water partition coefficient (Wildman–Crippen LogP) is 2.21. The summed E-state index contributed by atoms with van der Waals surface area (Å²) in [4.78, 5) is 15.8. The number of phenols is 1. The Balaban J connectivity index is 1.87. The van der Waals surface area contributed by atoms with Gasteiger partial charge in [0.1, 0.15) is 18.0 Å². The molecule has 0 bridgehead atoms. The summed E-state index contributed by atoms with van der Waals surface area (Å²) >= 11 is 0. The first kappa shape index (κ1) is 20.6. The van der Waals surface area contributed by atoms with E-state index in [-0.39, 0.29) is 23.6 Å². The van der Waals surface area contributed by atoms with Gasteiger partial charge in [-0.05, 0) is 51.8 Å². The maximum Gasteiger partial charge on any atom is 0.251 e. The Kier molecular flexibility index (Phi) is 7.41. The van der Waals surface area contributed by atoms with Crippen LogP contribution in [0.3, 0.4) is 0 Å². The van der Waals surface area contributed by atoms with Crippen molar-refractivity contribution in [3.8, 4) is 5.75 Å². The first-order valence-corrected chi connectivity index (χ1v) is 9.41. The van der Waals surface area contributed by atoms with Gasteiger partial charge in [-0.25, -0.2) is 4.39 Å². The van der Waals surface area contributed by atoms with Crippen molar-refractivity contribution in [1.82, 2.24) is 9.80 Å². The quantitative estimate of drug-likeness (QED) is 0.777. The summed E-state index contributed by atoms with van der Waals surface area (Å²) in [6.45, 7) is 7.37. The third-order valence-electron chi connectivity index (χ3n) is 5.14. The lowest BCUT2D eigenvalue weighted by molar-refractivity contribution is -0.142. The molecular weight excluding hydrogens is 335 g/mol. The summed E-state index contributed by atoms with van der Waals surface area (Å²) in [6, 6.07) is 7.16. The zero-order chi connectivity index (χ0) is 19.3. The number of aromatic hydroxyl groups is 1. The highest BCUT2D eigenvalue weighted by atomic mass is 19.1. The van der Waals surface area contributed by atoms with Crippen molar-refractivity contribution in [2.75, 3.05) is 26.2 Å². The minimum absolute atomic E-state index is 0.0663. The van der Waals surface area contributed by atoms with Crippen LogP contribution in [-0.2, 0) is 11.2 Å². The van der Waals surface area contributed by atoms with Crippen LogP contribution in [0, 0.1) is 5.92 Å². The first-order valence-electron chi connectivity index (χ1n) is 9.41. The molecule has 0 aromatic heterocycles. The topological polar surface area (TPSA) is 64.0 Å². The smallest absolute Gasteiger partial charge is 0.251 e. The zero-order valence-electron chi connectivity index (χ0n) is 15.9. The van der Waals surface area contributed by atoms with Crippen molar-refractivity contribution in [1.29, 1.82) is 0 Å². The molecule has 26 heavy (non-hydrogen) atoms. The van der Waals surface area contributed by atoms with Crippen LogP contribution in [0.4, 0.5) is 4.39 Å². The van der Waals surface area contributed by atoms with Gasteiger partial charge in [-0.3, -0.25) is 4.79 Å². The Morgan fingerprint density at radius 3 is 2.62 bits per heavy atom. The van der Waals surface area contributed by atoms with Crippen LogP contribution in [0.15, 0.2) is 24.3 Å². The lowest BCUT2D eigenvalue weighted by Crippen LogP contribution is -2.50. The molecule has 0 spiro atoms. The number of alkyl halides is 1. The van der Waals surface area contributed by atoms with Crippen molar-refractivity contribution in [3.63, 3.8) is 0 Å². The number of hydrogen-bond donors (Lipinski definition) is 2. The predicted molar refractivity (Wildman–Crippen MR) is 99.8 cm³/mol. The van der Waals surface area contributed by atoms with E-state index in [2.05, 4.69) is 4.90 Å². The number of carbonyl (C=O) groups excluding carboxylic acids is 1. The van der Waals surface area contributed by atoms with Gasteiger partial charge in [-0.1, -0.05) is 18.2 Å². The highest BCUT2D eigenvalue weighted by Gasteiger charge is 2.33. The highest BCUT2D eigenvalue weighted by molar-refractivity contribution is 5.80. The average Bonchev–Trinajstić information content (AvgIpc) is 2.59. The van der Waals surface area contributed by atoms with E-state index < -0.39 is 12.3 Å². The third-order valence-corrected chi connectivity index (χ3v) is 5.14. The molecule has 0 radical (unpaired) electrons. The van der Waals surface area contributed by atoms with E-state index in [1.807, 2.05) is 26.0 Å². The molecule has 1 aliphatic rings. The van der Waals surface area contributed by atoms with Gasteiger partial charge in [0.05, 0.1) is 0 Å². The maximum atomic E-state index is 14.7. The molecule has 0 saturated carbocycles. The molecule has 1 aromatic rings. The molecule has 5 nitrogen and oxygen atoms in total. The Labute approximate surface area is 155 Å². The van der Waals surface area contributed by atoms with E-state index in [9.17, 15) is 19.4 Å². The fraction of sp³-hybridized carbons (Fsp3) is 0.650. The molecule has 1 aromatic carbocycles. The summed E-state index contributed by atoms with van der Waals surface area (Å²) < 4.78 is 14.7. The normalized spacial score (nSPS) is 22.4. The van der Waals surface area contributed by atoms with Crippen molar-refractivity contribution in [2.24, 2.45) is 5.92 Å². The van der Waals surface area contributed by atoms with Gasteiger partial charge in [0.15, 0.2) is 0 Å². The number of likely N-dealkylation sites (tertiary alicyclic amines) is 1. The molecule has 2 rings (SSSR count).